The zero-order chi connectivity index (χ0) is 41.5. The van der Waals surface area contributed by atoms with Gasteiger partial charge in [0.2, 0.25) is 5.91 Å². The van der Waals surface area contributed by atoms with Crippen molar-refractivity contribution in [3.05, 3.63) is 113 Å². The zero-order valence-electron chi connectivity index (χ0n) is 33.8. The van der Waals surface area contributed by atoms with Crippen molar-refractivity contribution in [3.63, 3.8) is 0 Å². The number of piperidine rings is 2. The van der Waals surface area contributed by atoms with E-state index in [-0.39, 0.29) is 42.2 Å². The number of para-hydroxylation sites is 1. The summed E-state index contributed by atoms with van der Waals surface area (Å²) in [7, 11) is 0. The number of benzene rings is 3. The fourth-order valence-corrected chi connectivity index (χ4v) is 9.45. The fourth-order valence-electron chi connectivity index (χ4n) is 9.45. The van der Waals surface area contributed by atoms with E-state index in [0.717, 1.165) is 59.3 Å². The number of carbonyl (C=O) groups is 3. The van der Waals surface area contributed by atoms with Gasteiger partial charge in [0.15, 0.2) is 0 Å². The van der Waals surface area contributed by atoms with Gasteiger partial charge in [0.1, 0.15) is 23.3 Å². The van der Waals surface area contributed by atoms with Crippen molar-refractivity contribution in [2.75, 3.05) is 63.9 Å². The minimum absolute atomic E-state index is 0.0910. The van der Waals surface area contributed by atoms with Crippen LogP contribution in [0.1, 0.15) is 71.3 Å². The summed E-state index contributed by atoms with van der Waals surface area (Å²) in [5.41, 5.74) is 17.7. The number of nitrogens with one attached hydrogen (secondary N) is 3. The molecule has 4 saturated heterocycles. The van der Waals surface area contributed by atoms with Crippen LogP contribution in [0.2, 0.25) is 0 Å². The number of ether oxygens (including phenoxy) is 1. The van der Waals surface area contributed by atoms with Crippen LogP contribution >= 0.6 is 0 Å². The number of morpholine rings is 1. The lowest BCUT2D eigenvalue weighted by Gasteiger charge is -2.41. The van der Waals surface area contributed by atoms with Crippen molar-refractivity contribution in [2.24, 2.45) is 5.73 Å². The highest BCUT2D eigenvalue weighted by Crippen LogP contribution is 2.36. The number of aromatic hydroxyl groups is 1. The summed E-state index contributed by atoms with van der Waals surface area (Å²) < 4.78 is 24.8. The summed E-state index contributed by atoms with van der Waals surface area (Å²) in [6.45, 7) is 6.76. The normalized spacial score (nSPS) is 21.7. The molecule has 0 radical (unpaired) electrons. The van der Waals surface area contributed by atoms with Crippen LogP contribution < -0.4 is 26.8 Å². The Hall–Kier alpha value is -6.06. The number of phenolic OH excluding ortho intramolecular Hbond substituents is 1. The molecule has 1 atom stereocenters. The number of hydrogen-bond donors (Lipinski definition) is 5. The van der Waals surface area contributed by atoms with E-state index in [9.17, 15) is 19.5 Å². The van der Waals surface area contributed by atoms with E-state index in [1.54, 1.807) is 21.9 Å². The number of rotatable bonds is 8. The lowest BCUT2D eigenvalue weighted by molar-refractivity contribution is -0.120. The molecule has 9 rings (SSSR count). The number of phenols is 1. The van der Waals surface area contributed by atoms with Crippen LogP contribution in [-0.4, -0.2) is 107 Å². The standard InChI is InChI=1S/C45H52FN9O5/c1-29-33-14-20-54(37(33)11-10-36(29)55-21-15-41(57)48-44(55)59)32-12-18-51(19-13-32)28-45(46)16-22-52(23-17-45)43(58)31-8-6-30(7-9-31)40-27-53(24-25-60-40)38-26-35(49-50-42(38)47)34-4-2-3-5-39(34)56/h2-11,14,20,26,32,40,49-50,56H,12-13,15-19,21-25,27-28,47H2,1H3,(H,48,57,59)/t40-/m0/s1. The molecule has 15 heteroatoms. The number of hydrogen-bond acceptors (Lipinski definition) is 10. The molecule has 5 aliphatic heterocycles. The third-order valence-electron chi connectivity index (χ3n) is 12.9. The Balaban J connectivity index is 0.763. The molecule has 4 aromatic rings. The summed E-state index contributed by atoms with van der Waals surface area (Å²) in [4.78, 5) is 45.6. The number of aryl methyl sites for hydroxylation is 1. The molecule has 0 aliphatic carbocycles. The Morgan fingerprint density at radius 1 is 0.950 bits per heavy atom. The van der Waals surface area contributed by atoms with Gasteiger partial charge in [-0.25, -0.2) is 9.18 Å². The molecule has 4 fully saturated rings. The number of anilines is 1. The molecule has 14 nitrogen and oxygen atoms in total. The number of amides is 4. The Bertz CT molecular complexity index is 2360. The third kappa shape index (κ3) is 7.74. The summed E-state index contributed by atoms with van der Waals surface area (Å²) in [6.07, 6.45) is 6.50. The first-order valence-electron chi connectivity index (χ1n) is 20.9. The summed E-state index contributed by atoms with van der Waals surface area (Å²) in [5, 5.41) is 13.9. The molecule has 0 unspecified atom stereocenters. The minimum Gasteiger partial charge on any atom is -0.507 e. The van der Waals surface area contributed by atoms with E-state index in [1.807, 2.05) is 55.5 Å². The number of imide groups is 1. The highest BCUT2D eigenvalue weighted by Gasteiger charge is 2.39. The minimum atomic E-state index is -1.35. The smallest absolute Gasteiger partial charge is 0.328 e. The number of carbonyl (C=O) groups excluding carboxylic acids is 3. The van der Waals surface area contributed by atoms with E-state index in [4.69, 9.17) is 10.5 Å². The van der Waals surface area contributed by atoms with E-state index in [0.29, 0.717) is 81.4 Å². The van der Waals surface area contributed by atoms with Crippen molar-refractivity contribution in [1.82, 2.24) is 35.4 Å². The Kier molecular flexibility index (Phi) is 10.6. The van der Waals surface area contributed by atoms with Crippen LogP contribution in [0, 0.1) is 6.92 Å². The molecule has 314 valence electrons. The lowest BCUT2D eigenvalue weighted by atomic mass is 9.91. The average molecular weight is 818 g/mol. The largest absolute Gasteiger partial charge is 0.507 e. The van der Waals surface area contributed by atoms with Crippen molar-refractivity contribution in [3.8, 4) is 5.75 Å². The Morgan fingerprint density at radius 2 is 1.72 bits per heavy atom. The molecule has 0 saturated carbocycles. The third-order valence-corrected chi connectivity index (χ3v) is 12.9. The molecule has 60 heavy (non-hydrogen) atoms. The van der Waals surface area contributed by atoms with Crippen LogP contribution in [0.4, 0.5) is 14.9 Å². The van der Waals surface area contributed by atoms with Gasteiger partial charge in [-0.2, -0.15) is 0 Å². The monoisotopic (exact) mass is 817 g/mol. The van der Waals surface area contributed by atoms with Crippen LogP contribution in [0.15, 0.2) is 90.5 Å². The highest BCUT2D eigenvalue weighted by atomic mass is 19.1. The molecule has 1 aromatic heterocycles. The van der Waals surface area contributed by atoms with E-state index in [2.05, 4.69) is 48.9 Å². The second-order valence-electron chi connectivity index (χ2n) is 16.6. The number of allylic oxidation sites excluding steroid dienone is 1. The zero-order valence-corrected chi connectivity index (χ0v) is 33.8. The maximum atomic E-state index is 16.3. The molecule has 4 amide bonds. The van der Waals surface area contributed by atoms with Gasteiger partial charge in [-0.1, -0.05) is 24.3 Å². The van der Waals surface area contributed by atoms with E-state index >= 15 is 4.39 Å². The van der Waals surface area contributed by atoms with Crippen LogP contribution in [0.25, 0.3) is 16.6 Å². The molecule has 0 spiro atoms. The number of likely N-dealkylation sites (tertiary alicyclic amines) is 2. The number of urea groups is 1. The van der Waals surface area contributed by atoms with Gasteiger partial charge in [-0.15, -0.1) is 0 Å². The van der Waals surface area contributed by atoms with Crippen molar-refractivity contribution in [2.45, 2.75) is 56.8 Å². The van der Waals surface area contributed by atoms with Crippen LogP contribution in [-0.2, 0) is 9.53 Å². The first-order chi connectivity index (χ1) is 29.0. The summed E-state index contributed by atoms with van der Waals surface area (Å²) >= 11 is 0. The topological polar surface area (TPSA) is 161 Å². The number of nitrogens with two attached hydrogens (primary N) is 1. The number of halogens is 1. The molecule has 6 heterocycles. The van der Waals surface area contributed by atoms with Crippen molar-refractivity contribution < 1.29 is 28.6 Å². The summed E-state index contributed by atoms with van der Waals surface area (Å²) in [6, 6.07) is 20.7. The molecular weight excluding hydrogens is 766 g/mol. The summed E-state index contributed by atoms with van der Waals surface area (Å²) in [5.74, 6) is 0.297. The van der Waals surface area contributed by atoms with E-state index in [1.165, 1.54) is 0 Å². The van der Waals surface area contributed by atoms with Crippen LogP contribution in [0.3, 0.4) is 0 Å². The highest BCUT2D eigenvalue weighted by molar-refractivity contribution is 6.07. The van der Waals surface area contributed by atoms with Crippen LogP contribution in [0.5, 0.6) is 5.75 Å². The quantitative estimate of drug-likeness (QED) is 0.163. The number of aromatic nitrogens is 1. The fraction of sp³-hybridized carbons (Fsp3) is 0.400. The van der Waals surface area contributed by atoms with E-state index < -0.39 is 5.67 Å². The maximum Gasteiger partial charge on any atom is 0.328 e. The number of nitrogens with zero attached hydrogens (tertiary/aromatic N) is 5. The molecule has 5 aliphatic rings. The lowest BCUT2D eigenvalue weighted by Crippen LogP contribution is -2.51. The average Bonchev–Trinajstić information content (AvgIpc) is 3.70. The molecule has 6 N–H and O–H groups in total. The van der Waals surface area contributed by atoms with Gasteiger partial charge in [0.25, 0.3) is 5.91 Å². The Morgan fingerprint density at radius 3 is 2.47 bits per heavy atom. The number of fused-ring (bicyclic) bond motifs is 1. The Labute approximate surface area is 348 Å². The predicted molar refractivity (Wildman–Crippen MR) is 226 cm³/mol. The van der Waals surface area contributed by atoms with Gasteiger partial charge >= 0.3 is 6.03 Å². The van der Waals surface area contributed by atoms with Gasteiger partial charge in [-0.05, 0) is 79.4 Å². The maximum absolute atomic E-state index is 16.3. The van der Waals surface area contributed by atoms with Gasteiger partial charge < -0.3 is 34.8 Å². The first kappa shape index (κ1) is 39.4. The molecule has 0 bridgehead atoms. The van der Waals surface area contributed by atoms with Crippen molar-refractivity contribution in [1.29, 1.82) is 0 Å². The first-order valence-corrected chi connectivity index (χ1v) is 20.9. The van der Waals surface area contributed by atoms with Crippen molar-refractivity contribution >= 4 is 40.1 Å². The van der Waals surface area contributed by atoms with Gasteiger partial charge in [0.05, 0.1) is 18.0 Å². The van der Waals surface area contributed by atoms with Gasteiger partial charge in [0, 0.05) is 112 Å². The number of alkyl halides is 1. The molecular formula is C45H52FN9O5. The predicted octanol–water partition coefficient (Wildman–Crippen LogP) is 5.03. The second kappa shape index (κ2) is 16.2. The van der Waals surface area contributed by atoms with Gasteiger partial charge in [-0.3, -0.25) is 30.7 Å². The second-order valence-corrected chi connectivity index (χ2v) is 16.6. The SMILES string of the molecule is Cc1c(N2CCC(=O)NC2=O)ccc2c1ccn2C1CCN(CC2(F)CCN(C(=O)c3ccc([C@@H]4CN(C5=C(N)NNC(c6ccccc6O)=C5)CCO4)cc3)CC2)CC1. The molecule has 3 aromatic carbocycles. The number of hydrazine groups is 1.